The van der Waals surface area contributed by atoms with Gasteiger partial charge in [0.2, 0.25) is 0 Å². The third-order valence-electron chi connectivity index (χ3n) is 10.6. The molecule has 0 saturated carbocycles. The Morgan fingerprint density at radius 2 is 1.31 bits per heavy atom. The SMILES string of the molecule is COc1ccc(C2(c3ccc(OCCO)cc3)C=Cc3c4c(c5cc(OC)c(OC)cc5c3O2)-c2ccc(-c3ccc(F)c(F)c3F)cc2C4(C)C)cc1. The molecule has 54 heavy (non-hydrogen) atoms. The van der Waals surface area contributed by atoms with Crippen LogP contribution >= 0.6 is 0 Å². The Kier molecular flexibility index (Phi) is 8.57. The molecule has 0 radical (unpaired) electrons. The van der Waals surface area contributed by atoms with E-state index in [9.17, 15) is 13.9 Å². The molecule has 1 heterocycles. The predicted molar refractivity (Wildman–Crippen MR) is 202 cm³/mol. The van der Waals surface area contributed by atoms with Crippen molar-refractivity contribution in [2.24, 2.45) is 0 Å². The number of halogens is 3. The fraction of sp³-hybridized carbons (Fsp3) is 0.200. The maximum atomic E-state index is 15.1. The predicted octanol–water partition coefficient (Wildman–Crippen LogP) is 9.98. The molecule has 6 aromatic carbocycles. The van der Waals surface area contributed by atoms with E-state index in [4.69, 9.17) is 23.7 Å². The topological polar surface area (TPSA) is 66.4 Å². The van der Waals surface area contributed by atoms with Crippen LogP contribution in [-0.2, 0) is 11.0 Å². The molecule has 1 unspecified atom stereocenters. The van der Waals surface area contributed by atoms with E-state index in [0.29, 0.717) is 34.3 Å². The summed E-state index contributed by atoms with van der Waals surface area (Å²) in [6.07, 6.45) is 4.15. The van der Waals surface area contributed by atoms with Crippen LogP contribution in [0.1, 0.15) is 41.7 Å². The summed E-state index contributed by atoms with van der Waals surface area (Å²) in [5, 5.41) is 10.9. The lowest BCUT2D eigenvalue weighted by Gasteiger charge is -2.38. The van der Waals surface area contributed by atoms with E-state index in [1.54, 1.807) is 27.4 Å². The number of rotatable bonds is 9. The molecule has 1 aliphatic heterocycles. The average molecular weight is 731 g/mol. The van der Waals surface area contributed by atoms with Gasteiger partial charge in [-0.2, -0.15) is 0 Å². The van der Waals surface area contributed by atoms with Crippen LogP contribution in [-0.4, -0.2) is 39.6 Å². The largest absolute Gasteiger partial charge is 0.497 e. The lowest BCUT2D eigenvalue weighted by Crippen LogP contribution is -2.35. The molecule has 8 rings (SSSR count). The van der Waals surface area contributed by atoms with E-state index in [1.165, 1.54) is 6.07 Å². The summed E-state index contributed by atoms with van der Waals surface area (Å²) in [4.78, 5) is 0. The highest BCUT2D eigenvalue weighted by Gasteiger charge is 2.45. The van der Waals surface area contributed by atoms with Crippen molar-refractivity contribution in [3.8, 4) is 51.0 Å². The maximum Gasteiger partial charge on any atom is 0.195 e. The number of methoxy groups -OCH3 is 3. The summed E-state index contributed by atoms with van der Waals surface area (Å²) >= 11 is 0. The highest BCUT2D eigenvalue weighted by Crippen LogP contribution is 2.59. The van der Waals surface area contributed by atoms with Gasteiger partial charge in [-0.15, -0.1) is 0 Å². The summed E-state index contributed by atoms with van der Waals surface area (Å²) in [5.74, 6) is -0.997. The highest BCUT2D eigenvalue weighted by molar-refractivity contribution is 6.10. The van der Waals surface area contributed by atoms with Gasteiger partial charge in [0.25, 0.3) is 0 Å². The third kappa shape index (κ3) is 5.28. The molecule has 0 fully saturated rings. The van der Waals surface area contributed by atoms with Crippen molar-refractivity contribution >= 4 is 16.8 Å². The van der Waals surface area contributed by atoms with Crippen LogP contribution in [0.5, 0.6) is 28.7 Å². The Bertz CT molecular complexity index is 2470. The van der Waals surface area contributed by atoms with Crippen LogP contribution < -0.4 is 23.7 Å². The van der Waals surface area contributed by atoms with Gasteiger partial charge in [-0.3, -0.25) is 0 Å². The van der Waals surface area contributed by atoms with Gasteiger partial charge in [-0.1, -0.05) is 56.3 Å². The lowest BCUT2D eigenvalue weighted by molar-refractivity contribution is 0.163. The first-order valence-electron chi connectivity index (χ1n) is 17.5. The van der Waals surface area contributed by atoms with Crippen LogP contribution in [0.25, 0.3) is 39.1 Å². The molecular weight excluding hydrogens is 693 g/mol. The zero-order valence-corrected chi connectivity index (χ0v) is 30.4. The molecule has 0 spiro atoms. The molecule has 6 nitrogen and oxygen atoms in total. The number of aliphatic hydroxyl groups is 1. The number of hydrogen-bond acceptors (Lipinski definition) is 6. The van der Waals surface area contributed by atoms with Gasteiger partial charge >= 0.3 is 0 Å². The monoisotopic (exact) mass is 730 g/mol. The van der Waals surface area contributed by atoms with Gasteiger partial charge in [0.15, 0.2) is 34.6 Å². The standard InChI is InChI=1S/C45H37F3O6/c1-44(2)35-22-25(30-16-17-36(46)42(48)41(30)47)6-15-31(35)39-33-23-37(51-4)38(52-5)24-34(33)43-32(40(39)44)18-19-45(54-43,26-7-11-28(50-3)12-8-26)27-9-13-29(14-10-27)53-21-20-49/h6-19,22-24,49H,20-21H2,1-5H3. The van der Waals surface area contributed by atoms with Gasteiger partial charge in [-0.05, 0) is 93.9 Å². The van der Waals surface area contributed by atoms with E-state index < -0.39 is 28.5 Å². The van der Waals surface area contributed by atoms with E-state index in [0.717, 1.165) is 55.8 Å². The van der Waals surface area contributed by atoms with Crippen molar-refractivity contribution in [2.45, 2.75) is 24.9 Å². The highest BCUT2D eigenvalue weighted by atomic mass is 19.2. The molecule has 0 aromatic heterocycles. The fourth-order valence-corrected chi connectivity index (χ4v) is 8.00. The van der Waals surface area contributed by atoms with Crippen molar-refractivity contribution in [1.29, 1.82) is 0 Å². The van der Waals surface area contributed by atoms with E-state index in [2.05, 4.69) is 26.0 Å². The number of fused-ring (bicyclic) bond motifs is 8. The summed E-state index contributed by atoms with van der Waals surface area (Å²) in [6, 6.07) is 26.9. The van der Waals surface area contributed by atoms with Gasteiger partial charge in [-0.25, -0.2) is 13.2 Å². The van der Waals surface area contributed by atoms with Crippen LogP contribution in [0.15, 0.2) is 97.1 Å². The van der Waals surface area contributed by atoms with Crippen LogP contribution in [0.3, 0.4) is 0 Å². The Morgan fingerprint density at radius 3 is 1.94 bits per heavy atom. The Labute approximate surface area is 311 Å². The van der Waals surface area contributed by atoms with Gasteiger partial charge in [0, 0.05) is 33.1 Å². The Hall–Kier alpha value is -5.93. The quantitative estimate of drug-likeness (QED) is 0.150. The van der Waals surface area contributed by atoms with Gasteiger partial charge < -0.3 is 28.8 Å². The zero-order valence-electron chi connectivity index (χ0n) is 30.4. The normalized spacial score (nSPS) is 16.3. The van der Waals surface area contributed by atoms with Crippen LogP contribution in [0.2, 0.25) is 0 Å². The molecule has 0 amide bonds. The molecule has 6 aromatic rings. The average Bonchev–Trinajstić information content (AvgIpc) is 3.44. The Balaban J connectivity index is 1.39. The second-order valence-electron chi connectivity index (χ2n) is 13.8. The first-order valence-corrected chi connectivity index (χ1v) is 17.5. The minimum absolute atomic E-state index is 0.0259. The van der Waals surface area contributed by atoms with Gasteiger partial charge in [0.1, 0.15) is 23.9 Å². The van der Waals surface area contributed by atoms with Crippen molar-refractivity contribution in [1.82, 2.24) is 0 Å². The second kappa shape index (κ2) is 13.2. The molecule has 0 bridgehead atoms. The number of ether oxygens (including phenoxy) is 5. The summed E-state index contributed by atoms with van der Waals surface area (Å²) in [7, 11) is 4.79. The van der Waals surface area contributed by atoms with Crippen molar-refractivity contribution in [3.63, 3.8) is 0 Å². The van der Waals surface area contributed by atoms with Gasteiger partial charge in [0.05, 0.1) is 27.9 Å². The summed E-state index contributed by atoms with van der Waals surface area (Å²) in [5.41, 5.74) is 4.95. The molecule has 0 saturated heterocycles. The number of aliphatic hydroxyl groups excluding tert-OH is 1. The first-order chi connectivity index (χ1) is 26.1. The van der Waals surface area contributed by atoms with E-state index in [-0.39, 0.29) is 18.8 Å². The van der Waals surface area contributed by atoms with Crippen molar-refractivity contribution in [2.75, 3.05) is 34.5 Å². The fourth-order valence-electron chi connectivity index (χ4n) is 8.00. The molecule has 274 valence electrons. The van der Waals surface area contributed by atoms with Crippen LogP contribution in [0, 0.1) is 17.5 Å². The lowest BCUT2D eigenvalue weighted by atomic mass is 9.76. The van der Waals surface area contributed by atoms with Crippen molar-refractivity contribution in [3.05, 3.63) is 142 Å². The van der Waals surface area contributed by atoms with Crippen LogP contribution in [0.4, 0.5) is 13.2 Å². The maximum absolute atomic E-state index is 15.1. The molecular formula is C45H37F3O6. The molecule has 2 aliphatic rings. The third-order valence-corrected chi connectivity index (χ3v) is 10.6. The number of benzene rings is 6. The smallest absolute Gasteiger partial charge is 0.195 e. The summed E-state index contributed by atoms with van der Waals surface area (Å²) in [6.45, 7) is 4.26. The minimum atomic E-state index is -1.51. The number of hydrogen-bond donors (Lipinski definition) is 1. The summed E-state index contributed by atoms with van der Waals surface area (Å²) < 4.78 is 73.6. The zero-order chi connectivity index (χ0) is 37.9. The molecule has 9 heteroatoms. The van der Waals surface area contributed by atoms with Crippen molar-refractivity contribution < 1.29 is 42.0 Å². The molecule has 1 N–H and O–H groups in total. The Morgan fingerprint density at radius 1 is 0.685 bits per heavy atom. The molecule has 1 aliphatic carbocycles. The minimum Gasteiger partial charge on any atom is -0.497 e. The second-order valence-corrected chi connectivity index (χ2v) is 13.8. The molecule has 1 atom stereocenters. The van der Waals surface area contributed by atoms with E-state index in [1.807, 2.05) is 72.8 Å². The van der Waals surface area contributed by atoms with E-state index >= 15 is 4.39 Å². The first kappa shape index (κ1) is 35.1.